The van der Waals surface area contributed by atoms with Crippen LogP contribution in [-0.2, 0) is 13.1 Å². The normalized spacial score (nSPS) is 11.0. The predicted octanol–water partition coefficient (Wildman–Crippen LogP) is 5.09. The van der Waals surface area contributed by atoms with Crippen molar-refractivity contribution in [1.82, 2.24) is 19.6 Å². The number of nitrogens with zero attached hydrogens (tertiary/aromatic N) is 5. The molecule has 0 aliphatic rings. The van der Waals surface area contributed by atoms with Crippen LogP contribution < -0.4 is 5.32 Å². The van der Waals surface area contributed by atoms with Crippen molar-refractivity contribution in [2.24, 2.45) is 0 Å². The van der Waals surface area contributed by atoms with Crippen LogP contribution in [0.4, 0.5) is 11.5 Å². The maximum Gasteiger partial charge on any atom is 0.312 e. The Kier molecular flexibility index (Phi) is 6.43. The van der Waals surface area contributed by atoms with Crippen LogP contribution in [0.25, 0.3) is 0 Å². The number of anilines is 1. The van der Waals surface area contributed by atoms with Gasteiger partial charge in [0.05, 0.1) is 22.9 Å². The van der Waals surface area contributed by atoms with Crippen LogP contribution in [0.2, 0.25) is 0 Å². The van der Waals surface area contributed by atoms with Gasteiger partial charge in [-0.3, -0.25) is 24.3 Å². The van der Waals surface area contributed by atoms with Gasteiger partial charge >= 0.3 is 5.69 Å². The smallest absolute Gasteiger partial charge is 0.304 e. The Labute approximate surface area is 202 Å². The van der Waals surface area contributed by atoms with Crippen molar-refractivity contribution in [3.05, 3.63) is 89.5 Å². The van der Waals surface area contributed by atoms with Gasteiger partial charge in [-0.1, -0.05) is 28.1 Å². The third-order valence-electron chi connectivity index (χ3n) is 5.20. The molecule has 0 unspecified atom stereocenters. The van der Waals surface area contributed by atoms with Crippen molar-refractivity contribution in [2.45, 2.75) is 33.9 Å². The molecule has 0 saturated carbocycles. The number of aromatic nitrogens is 4. The van der Waals surface area contributed by atoms with Crippen LogP contribution in [0.3, 0.4) is 0 Å². The predicted molar refractivity (Wildman–Crippen MR) is 130 cm³/mol. The summed E-state index contributed by atoms with van der Waals surface area (Å²) in [7, 11) is 0. The lowest BCUT2D eigenvalue weighted by Crippen LogP contribution is -2.11. The maximum absolute atomic E-state index is 12.7. The molecule has 3 aromatic heterocycles. The van der Waals surface area contributed by atoms with Crippen LogP contribution in [0.1, 0.15) is 37.9 Å². The van der Waals surface area contributed by atoms with Gasteiger partial charge in [-0.05, 0) is 55.5 Å². The molecule has 0 radical (unpaired) electrons. The zero-order chi connectivity index (χ0) is 23.7. The summed E-state index contributed by atoms with van der Waals surface area (Å²) in [4.78, 5) is 24.1. The van der Waals surface area contributed by atoms with E-state index in [1.807, 2.05) is 47.3 Å². The average Bonchev–Trinajstić information content (AvgIpc) is 3.42. The van der Waals surface area contributed by atoms with Crippen LogP contribution >= 0.6 is 27.3 Å². The van der Waals surface area contributed by atoms with E-state index in [1.165, 1.54) is 11.3 Å². The van der Waals surface area contributed by atoms with Gasteiger partial charge in [-0.2, -0.15) is 10.2 Å². The van der Waals surface area contributed by atoms with E-state index in [0.29, 0.717) is 35.2 Å². The molecule has 170 valence electrons. The van der Waals surface area contributed by atoms with Crippen LogP contribution in [0, 0.1) is 30.9 Å². The lowest BCUT2D eigenvalue weighted by Gasteiger charge is -2.04. The average molecular weight is 529 g/mol. The van der Waals surface area contributed by atoms with E-state index < -0.39 is 4.92 Å². The Morgan fingerprint density at radius 2 is 1.79 bits per heavy atom. The zero-order valence-electron chi connectivity index (χ0n) is 18.2. The first-order valence-electron chi connectivity index (χ1n) is 10.1. The highest BCUT2D eigenvalue weighted by Crippen LogP contribution is 2.24. The summed E-state index contributed by atoms with van der Waals surface area (Å²) >= 11 is 4.74. The number of benzene rings is 1. The first-order valence-corrected chi connectivity index (χ1v) is 11.7. The van der Waals surface area contributed by atoms with Gasteiger partial charge in [0.15, 0.2) is 5.82 Å². The fourth-order valence-electron chi connectivity index (χ4n) is 3.53. The molecule has 0 fully saturated rings. The second-order valence-corrected chi connectivity index (χ2v) is 9.49. The Bertz CT molecular complexity index is 1340. The van der Waals surface area contributed by atoms with Gasteiger partial charge in [0.1, 0.15) is 11.4 Å². The molecular weight excluding hydrogens is 508 g/mol. The Hall–Kier alpha value is -3.31. The van der Waals surface area contributed by atoms with E-state index in [2.05, 4.69) is 31.4 Å². The first-order chi connectivity index (χ1) is 15.7. The highest BCUT2D eigenvalue weighted by molar-refractivity contribution is 9.10. The molecule has 33 heavy (non-hydrogen) atoms. The third-order valence-corrected chi connectivity index (χ3v) is 6.71. The summed E-state index contributed by atoms with van der Waals surface area (Å²) in [5.41, 5.74) is 3.78. The molecule has 0 saturated heterocycles. The minimum atomic E-state index is -0.418. The zero-order valence-corrected chi connectivity index (χ0v) is 20.6. The molecule has 0 aliphatic heterocycles. The molecule has 0 atom stereocenters. The largest absolute Gasteiger partial charge is 0.312 e. The fraction of sp³-hybridized carbons (Fsp3) is 0.227. The van der Waals surface area contributed by atoms with Crippen molar-refractivity contribution in [3.63, 3.8) is 0 Å². The Balaban J connectivity index is 1.43. The third kappa shape index (κ3) is 5.04. The molecule has 0 spiro atoms. The van der Waals surface area contributed by atoms with Crippen LogP contribution in [0.5, 0.6) is 0 Å². The van der Waals surface area contributed by atoms with E-state index >= 15 is 0 Å². The van der Waals surface area contributed by atoms with Gasteiger partial charge in [0.2, 0.25) is 0 Å². The fourth-order valence-corrected chi connectivity index (χ4v) is 4.59. The lowest BCUT2D eigenvalue weighted by atomic mass is 10.2. The molecule has 9 nitrogen and oxygen atoms in total. The molecule has 3 heterocycles. The van der Waals surface area contributed by atoms with Gasteiger partial charge in [-0.15, -0.1) is 11.3 Å². The molecule has 0 bridgehead atoms. The number of aryl methyl sites for hydroxylation is 2. The SMILES string of the molecule is Cc1nn(Cc2csc(C(=O)Nc3cc(C)n(Cc4ccc(Br)cc4)n3)c2)c(C)c1[N+](=O)[O-]. The monoisotopic (exact) mass is 528 g/mol. The first kappa shape index (κ1) is 22.9. The molecule has 1 amide bonds. The quantitative estimate of drug-likeness (QED) is 0.265. The number of carbonyl (C=O) groups excluding carboxylic acids is 1. The van der Waals surface area contributed by atoms with Gasteiger partial charge < -0.3 is 5.32 Å². The minimum Gasteiger partial charge on any atom is -0.304 e. The summed E-state index contributed by atoms with van der Waals surface area (Å²) < 4.78 is 4.45. The molecule has 1 N–H and O–H groups in total. The van der Waals surface area contributed by atoms with Gasteiger partial charge in [0, 0.05) is 16.2 Å². The van der Waals surface area contributed by atoms with Crippen LogP contribution in [0.15, 0.2) is 46.3 Å². The number of thiophene rings is 1. The van der Waals surface area contributed by atoms with Crippen molar-refractivity contribution in [2.75, 3.05) is 5.32 Å². The molecule has 11 heteroatoms. The van der Waals surface area contributed by atoms with E-state index in [9.17, 15) is 14.9 Å². The number of amides is 1. The van der Waals surface area contributed by atoms with Crippen molar-refractivity contribution >= 4 is 44.7 Å². The highest BCUT2D eigenvalue weighted by Gasteiger charge is 2.22. The number of hydrogen-bond acceptors (Lipinski definition) is 6. The molecule has 4 rings (SSSR count). The summed E-state index contributed by atoms with van der Waals surface area (Å²) in [6.45, 7) is 6.19. The Morgan fingerprint density at radius 1 is 1.09 bits per heavy atom. The molecular formula is C22H21BrN6O3S. The van der Waals surface area contributed by atoms with Gasteiger partial charge in [0.25, 0.3) is 5.91 Å². The summed E-state index contributed by atoms with van der Waals surface area (Å²) in [5.74, 6) is 0.234. The van der Waals surface area contributed by atoms with E-state index in [0.717, 1.165) is 21.3 Å². The van der Waals surface area contributed by atoms with Crippen molar-refractivity contribution in [3.8, 4) is 0 Å². The summed E-state index contributed by atoms with van der Waals surface area (Å²) in [6, 6.07) is 11.6. The minimum absolute atomic E-state index is 0.0253. The highest BCUT2D eigenvalue weighted by atomic mass is 79.9. The van der Waals surface area contributed by atoms with Crippen LogP contribution in [-0.4, -0.2) is 30.4 Å². The number of carbonyl (C=O) groups is 1. The second kappa shape index (κ2) is 9.28. The van der Waals surface area contributed by atoms with E-state index in [-0.39, 0.29) is 11.6 Å². The number of nitro groups is 1. The van der Waals surface area contributed by atoms with E-state index in [4.69, 9.17) is 0 Å². The Morgan fingerprint density at radius 3 is 2.45 bits per heavy atom. The number of halogens is 1. The molecule has 4 aromatic rings. The lowest BCUT2D eigenvalue weighted by molar-refractivity contribution is -0.386. The second-order valence-electron chi connectivity index (χ2n) is 7.66. The topological polar surface area (TPSA) is 108 Å². The van der Waals surface area contributed by atoms with Crippen molar-refractivity contribution < 1.29 is 9.72 Å². The summed E-state index contributed by atoms with van der Waals surface area (Å²) in [5, 5.41) is 24.7. The molecule has 1 aromatic carbocycles. The molecule has 0 aliphatic carbocycles. The maximum atomic E-state index is 12.7. The van der Waals surface area contributed by atoms with Gasteiger partial charge in [-0.25, -0.2) is 0 Å². The van der Waals surface area contributed by atoms with E-state index in [1.54, 1.807) is 24.6 Å². The number of nitrogens with one attached hydrogen (secondary N) is 1. The van der Waals surface area contributed by atoms with Crippen molar-refractivity contribution in [1.29, 1.82) is 0 Å². The number of hydrogen-bond donors (Lipinski definition) is 1. The number of rotatable bonds is 7. The standard InChI is InChI=1S/C22H21BrN6O3S/c1-13-8-20(26-27(13)10-16-4-6-18(23)7-5-16)24-22(30)19-9-17(12-33-19)11-28-15(3)21(29(31)32)14(2)25-28/h4-9,12H,10-11H2,1-3H3,(H,24,26,30). The summed E-state index contributed by atoms with van der Waals surface area (Å²) in [6.07, 6.45) is 0.